The Kier molecular flexibility index (Phi) is 4.93. The van der Waals surface area contributed by atoms with Gasteiger partial charge in [-0.25, -0.2) is 9.18 Å². The molecule has 3 aliphatic rings. The molecule has 4 unspecified atom stereocenters. The van der Waals surface area contributed by atoms with E-state index in [1.54, 1.807) is 19.0 Å². The zero-order valence-corrected chi connectivity index (χ0v) is 15.5. The lowest BCUT2D eigenvalue weighted by Gasteiger charge is -2.28. The fourth-order valence-electron chi connectivity index (χ4n) is 4.25. The van der Waals surface area contributed by atoms with E-state index in [4.69, 9.17) is 5.26 Å². The van der Waals surface area contributed by atoms with Gasteiger partial charge in [0.15, 0.2) is 0 Å². The SMILES string of the molecule is CN(C)C(=O)N1CC2=CC(C)(NCC(=O)N3CC(F)CC3C#N)CC2C1. The number of hydrogen-bond donors (Lipinski definition) is 1. The van der Waals surface area contributed by atoms with Crippen molar-refractivity contribution in [3.05, 3.63) is 11.6 Å². The first kappa shape index (κ1) is 18.6. The van der Waals surface area contributed by atoms with Crippen LogP contribution in [-0.2, 0) is 4.79 Å². The molecule has 0 spiro atoms. The number of nitrogens with one attached hydrogen (secondary N) is 1. The van der Waals surface area contributed by atoms with Gasteiger partial charge >= 0.3 is 6.03 Å². The summed E-state index contributed by atoms with van der Waals surface area (Å²) in [5.41, 5.74) is 0.905. The van der Waals surface area contributed by atoms with Gasteiger partial charge < -0.3 is 14.7 Å². The molecule has 0 aromatic rings. The van der Waals surface area contributed by atoms with Gasteiger partial charge in [0.25, 0.3) is 0 Å². The van der Waals surface area contributed by atoms with Crippen LogP contribution >= 0.6 is 0 Å². The highest BCUT2D eigenvalue weighted by molar-refractivity contribution is 5.79. The zero-order chi connectivity index (χ0) is 19.1. The number of carbonyl (C=O) groups is 2. The second-order valence-corrected chi connectivity index (χ2v) is 7.97. The van der Waals surface area contributed by atoms with Crippen LogP contribution < -0.4 is 5.32 Å². The molecule has 2 aliphatic heterocycles. The monoisotopic (exact) mass is 363 g/mol. The molecular weight excluding hydrogens is 337 g/mol. The van der Waals surface area contributed by atoms with E-state index in [1.165, 1.54) is 10.5 Å². The predicted octanol–water partition coefficient (Wildman–Crippen LogP) is 0.741. The van der Waals surface area contributed by atoms with Crippen molar-refractivity contribution >= 4 is 11.9 Å². The molecule has 1 N–H and O–H groups in total. The van der Waals surface area contributed by atoms with Crippen LogP contribution in [0.1, 0.15) is 19.8 Å². The summed E-state index contributed by atoms with van der Waals surface area (Å²) in [6.07, 6.45) is 1.92. The molecule has 0 aromatic heterocycles. The Morgan fingerprint density at radius 3 is 2.81 bits per heavy atom. The number of urea groups is 1. The summed E-state index contributed by atoms with van der Waals surface area (Å²) >= 11 is 0. The first-order chi connectivity index (χ1) is 12.2. The maximum Gasteiger partial charge on any atom is 0.319 e. The first-order valence-corrected chi connectivity index (χ1v) is 8.98. The lowest BCUT2D eigenvalue weighted by molar-refractivity contribution is -0.130. The molecule has 8 heteroatoms. The second kappa shape index (κ2) is 6.88. The fourth-order valence-corrected chi connectivity index (χ4v) is 4.25. The van der Waals surface area contributed by atoms with E-state index in [0.717, 1.165) is 6.42 Å². The number of amides is 3. The average molecular weight is 363 g/mol. The van der Waals surface area contributed by atoms with Crippen molar-refractivity contribution < 1.29 is 14.0 Å². The van der Waals surface area contributed by atoms with Crippen molar-refractivity contribution in [2.45, 2.75) is 37.5 Å². The topological polar surface area (TPSA) is 79.7 Å². The molecule has 142 valence electrons. The molecule has 3 amide bonds. The molecule has 0 radical (unpaired) electrons. The molecule has 2 saturated heterocycles. The van der Waals surface area contributed by atoms with Gasteiger partial charge in [-0.05, 0) is 18.9 Å². The molecule has 0 aromatic carbocycles. The highest BCUT2D eigenvalue weighted by atomic mass is 19.1. The molecule has 2 fully saturated rings. The standard InChI is InChI=1S/C18H26FN5O2/c1-18(21-8-16(25)24-11-14(19)4-15(24)7-20)5-12-9-23(10-13(12)6-18)17(26)22(2)3/h5,13-15,21H,4,6,8-11H2,1-3H3. The van der Waals surface area contributed by atoms with Crippen molar-refractivity contribution in [1.29, 1.82) is 5.26 Å². The molecule has 3 rings (SSSR count). The summed E-state index contributed by atoms with van der Waals surface area (Å²) in [5, 5.41) is 12.4. The molecule has 0 bridgehead atoms. The highest BCUT2D eigenvalue weighted by Gasteiger charge is 2.42. The van der Waals surface area contributed by atoms with E-state index in [-0.39, 0.29) is 37.0 Å². The molecule has 2 heterocycles. The van der Waals surface area contributed by atoms with Crippen molar-refractivity contribution in [2.75, 3.05) is 40.3 Å². The van der Waals surface area contributed by atoms with Crippen LogP contribution in [0.3, 0.4) is 0 Å². The van der Waals surface area contributed by atoms with E-state index < -0.39 is 12.2 Å². The minimum absolute atomic E-state index is 0.000769. The minimum Gasteiger partial charge on any atom is -0.331 e. The summed E-state index contributed by atoms with van der Waals surface area (Å²) in [4.78, 5) is 29.2. The van der Waals surface area contributed by atoms with E-state index in [2.05, 4.69) is 11.4 Å². The number of nitriles is 1. The van der Waals surface area contributed by atoms with Gasteiger partial charge in [-0.15, -0.1) is 0 Å². The van der Waals surface area contributed by atoms with Gasteiger partial charge in [0.1, 0.15) is 12.2 Å². The maximum absolute atomic E-state index is 13.5. The van der Waals surface area contributed by atoms with Crippen molar-refractivity contribution in [3.8, 4) is 6.07 Å². The minimum atomic E-state index is -1.12. The summed E-state index contributed by atoms with van der Waals surface area (Å²) in [6.45, 7) is 3.44. The van der Waals surface area contributed by atoms with Crippen LogP contribution in [0.15, 0.2) is 11.6 Å². The van der Waals surface area contributed by atoms with E-state index in [9.17, 15) is 14.0 Å². The van der Waals surface area contributed by atoms with Gasteiger partial charge in [-0.3, -0.25) is 10.1 Å². The largest absolute Gasteiger partial charge is 0.331 e. The Balaban J connectivity index is 1.56. The number of carbonyl (C=O) groups excluding carboxylic acids is 2. The quantitative estimate of drug-likeness (QED) is 0.750. The number of fused-ring (bicyclic) bond motifs is 1. The van der Waals surface area contributed by atoms with Gasteiger partial charge in [0.2, 0.25) is 5.91 Å². The number of halogens is 1. The number of rotatable bonds is 3. The highest BCUT2D eigenvalue weighted by Crippen LogP contribution is 2.38. The average Bonchev–Trinajstić information content (AvgIpc) is 3.22. The van der Waals surface area contributed by atoms with Crippen molar-refractivity contribution in [3.63, 3.8) is 0 Å². The Morgan fingerprint density at radius 2 is 2.19 bits per heavy atom. The van der Waals surface area contributed by atoms with Crippen LogP contribution in [0, 0.1) is 17.2 Å². The van der Waals surface area contributed by atoms with Gasteiger partial charge in [-0.2, -0.15) is 5.26 Å². The molecule has 1 aliphatic carbocycles. The summed E-state index contributed by atoms with van der Waals surface area (Å²) in [7, 11) is 3.49. The summed E-state index contributed by atoms with van der Waals surface area (Å²) in [5.74, 6) is 0.0677. The number of alkyl halides is 1. The predicted molar refractivity (Wildman–Crippen MR) is 93.9 cm³/mol. The Labute approximate surface area is 153 Å². The fraction of sp³-hybridized carbons (Fsp3) is 0.722. The zero-order valence-electron chi connectivity index (χ0n) is 15.5. The van der Waals surface area contributed by atoms with Crippen LogP contribution in [-0.4, -0.2) is 84.7 Å². The van der Waals surface area contributed by atoms with E-state index in [0.29, 0.717) is 19.0 Å². The molecule has 0 saturated carbocycles. The Hall–Kier alpha value is -2.14. The summed E-state index contributed by atoms with van der Waals surface area (Å²) < 4.78 is 13.5. The van der Waals surface area contributed by atoms with Crippen LogP contribution in [0.25, 0.3) is 0 Å². The van der Waals surface area contributed by atoms with Gasteiger partial charge in [0, 0.05) is 45.1 Å². The van der Waals surface area contributed by atoms with Gasteiger partial charge in [0.05, 0.1) is 19.2 Å². The van der Waals surface area contributed by atoms with Gasteiger partial charge in [-0.1, -0.05) is 6.08 Å². The second-order valence-electron chi connectivity index (χ2n) is 7.97. The normalized spacial score (nSPS) is 33.0. The number of nitrogens with zero attached hydrogens (tertiary/aromatic N) is 4. The molecule has 4 atom stereocenters. The number of likely N-dealkylation sites (tertiary alicyclic amines) is 2. The van der Waals surface area contributed by atoms with Crippen molar-refractivity contribution in [2.24, 2.45) is 5.92 Å². The molecule has 26 heavy (non-hydrogen) atoms. The van der Waals surface area contributed by atoms with Crippen molar-refractivity contribution in [1.82, 2.24) is 20.0 Å². The molecular formula is C18H26FN5O2. The van der Waals surface area contributed by atoms with Crippen LogP contribution in [0.2, 0.25) is 0 Å². The Bertz CT molecular complexity index is 673. The lowest BCUT2D eigenvalue weighted by Crippen LogP contribution is -2.48. The third-order valence-electron chi connectivity index (χ3n) is 5.53. The van der Waals surface area contributed by atoms with E-state index in [1.807, 2.05) is 17.9 Å². The smallest absolute Gasteiger partial charge is 0.319 e. The number of hydrogen-bond acceptors (Lipinski definition) is 4. The molecule has 7 nitrogen and oxygen atoms in total. The summed E-state index contributed by atoms with van der Waals surface area (Å²) in [6, 6.07) is 1.35. The third kappa shape index (κ3) is 3.54. The Morgan fingerprint density at radius 1 is 1.46 bits per heavy atom. The van der Waals surface area contributed by atoms with E-state index >= 15 is 0 Å². The first-order valence-electron chi connectivity index (χ1n) is 8.98. The maximum atomic E-state index is 13.5. The van der Waals surface area contributed by atoms with Crippen LogP contribution in [0.5, 0.6) is 0 Å². The third-order valence-corrected chi connectivity index (χ3v) is 5.53. The van der Waals surface area contributed by atoms with Crippen LogP contribution in [0.4, 0.5) is 9.18 Å². The lowest BCUT2D eigenvalue weighted by atomic mass is 9.97.